The molecule has 2 heterocycles. The van der Waals surface area contributed by atoms with Crippen LogP contribution in [0.1, 0.15) is 5.69 Å². The first-order valence-corrected chi connectivity index (χ1v) is 6.18. The molecule has 0 aliphatic rings. The molecule has 0 fully saturated rings. The van der Waals surface area contributed by atoms with E-state index in [0.717, 1.165) is 29.5 Å². The van der Waals surface area contributed by atoms with Gasteiger partial charge in [0.1, 0.15) is 17.2 Å². The summed E-state index contributed by atoms with van der Waals surface area (Å²) in [4.78, 5) is 15.3. The number of imidazole rings is 1. The summed E-state index contributed by atoms with van der Waals surface area (Å²) < 4.78 is 0. The van der Waals surface area contributed by atoms with Gasteiger partial charge in [0.2, 0.25) is 0 Å². The second-order valence-corrected chi connectivity index (χ2v) is 4.03. The van der Waals surface area contributed by atoms with Crippen molar-refractivity contribution in [2.45, 2.75) is 11.4 Å². The van der Waals surface area contributed by atoms with Crippen LogP contribution in [0.25, 0.3) is 0 Å². The summed E-state index contributed by atoms with van der Waals surface area (Å²) in [6.45, 7) is 0.826. The van der Waals surface area contributed by atoms with E-state index in [9.17, 15) is 0 Å². The Balaban J connectivity index is 1.85. The van der Waals surface area contributed by atoms with Gasteiger partial charge >= 0.3 is 0 Å². The lowest BCUT2D eigenvalue weighted by molar-refractivity contribution is 0.954. The lowest BCUT2D eigenvalue weighted by atomic mass is 10.3. The van der Waals surface area contributed by atoms with Gasteiger partial charge in [-0.05, 0) is 6.26 Å². The zero-order valence-corrected chi connectivity index (χ0v) is 9.79. The molecule has 0 radical (unpaired) electrons. The summed E-state index contributed by atoms with van der Waals surface area (Å²) in [6.07, 6.45) is 7.99. The molecule has 2 aromatic heterocycles. The molecule has 0 saturated heterocycles. The van der Waals surface area contributed by atoms with Gasteiger partial charge in [-0.2, -0.15) is 0 Å². The first-order chi connectivity index (χ1) is 7.88. The molecule has 0 aliphatic carbocycles. The van der Waals surface area contributed by atoms with Gasteiger partial charge in [0.15, 0.2) is 0 Å². The first-order valence-electron chi connectivity index (χ1n) is 4.95. The predicted molar refractivity (Wildman–Crippen MR) is 64.6 cm³/mol. The van der Waals surface area contributed by atoms with E-state index in [-0.39, 0.29) is 0 Å². The third-order valence-corrected chi connectivity index (χ3v) is 2.75. The fourth-order valence-electron chi connectivity index (χ4n) is 1.29. The Morgan fingerprint density at radius 3 is 3.12 bits per heavy atom. The van der Waals surface area contributed by atoms with Crippen LogP contribution in [0.4, 0.5) is 5.82 Å². The smallest absolute Gasteiger partial charge is 0.130 e. The average Bonchev–Trinajstić information content (AvgIpc) is 2.82. The molecule has 0 bridgehead atoms. The Kier molecular flexibility index (Phi) is 3.76. The highest BCUT2D eigenvalue weighted by molar-refractivity contribution is 7.98. The largest absolute Gasteiger partial charge is 0.370 e. The van der Waals surface area contributed by atoms with Crippen LogP contribution in [0.15, 0.2) is 29.9 Å². The standard InChI is InChI=1S/C10H13N5S/c1-16-10-4-9(14-7-15-10)12-3-2-8-5-11-6-13-8/h4-7H,2-3H2,1H3,(H,11,13)(H,12,14,15). The molecule has 5 nitrogen and oxygen atoms in total. The molecule has 2 rings (SSSR count). The molecule has 84 valence electrons. The summed E-state index contributed by atoms with van der Waals surface area (Å²) in [5, 5.41) is 4.22. The minimum Gasteiger partial charge on any atom is -0.370 e. The number of hydrogen-bond acceptors (Lipinski definition) is 5. The number of anilines is 1. The fraction of sp³-hybridized carbons (Fsp3) is 0.300. The van der Waals surface area contributed by atoms with Crippen molar-refractivity contribution in [1.82, 2.24) is 19.9 Å². The van der Waals surface area contributed by atoms with Gasteiger partial charge in [0.05, 0.1) is 6.33 Å². The Hall–Kier alpha value is -1.56. The quantitative estimate of drug-likeness (QED) is 0.608. The molecule has 0 amide bonds. The van der Waals surface area contributed by atoms with E-state index < -0.39 is 0 Å². The van der Waals surface area contributed by atoms with Gasteiger partial charge < -0.3 is 10.3 Å². The Morgan fingerprint density at radius 1 is 1.44 bits per heavy atom. The monoisotopic (exact) mass is 235 g/mol. The highest BCUT2D eigenvalue weighted by Gasteiger charge is 1.98. The third kappa shape index (κ3) is 2.96. The lowest BCUT2D eigenvalue weighted by Crippen LogP contribution is -2.06. The number of H-pyrrole nitrogens is 1. The van der Waals surface area contributed by atoms with Crippen LogP contribution in [0.3, 0.4) is 0 Å². The van der Waals surface area contributed by atoms with Gasteiger partial charge in [-0.15, -0.1) is 11.8 Å². The van der Waals surface area contributed by atoms with Gasteiger partial charge in [0.25, 0.3) is 0 Å². The van der Waals surface area contributed by atoms with Crippen molar-refractivity contribution in [1.29, 1.82) is 0 Å². The molecule has 16 heavy (non-hydrogen) atoms. The SMILES string of the molecule is CSc1cc(NCCc2cnc[nH]2)ncn1. The molecule has 0 aromatic carbocycles. The number of nitrogens with one attached hydrogen (secondary N) is 2. The molecule has 0 atom stereocenters. The second kappa shape index (κ2) is 5.50. The van der Waals surface area contributed by atoms with E-state index in [1.807, 2.05) is 18.5 Å². The maximum atomic E-state index is 4.14. The van der Waals surface area contributed by atoms with E-state index in [1.54, 1.807) is 24.4 Å². The number of thioether (sulfide) groups is 1. The van der Waals surface area contributed by atoms with E-state index in [2.05, 4.69) is 25.3 Å². The van der Waals surface area contributed by atoms with Gasteiger partial charge in [-0.1, -0.05) is 0 Å². The van der Waals surface area contributed by atoms with Crippen molar-refractivity contribution in [2.24, 2.45) is 0 Å². The summed E-state index contributed by atoms with van der Waals surface area (Å²) in [5.41, 5.74) is 1.12. The van der Waals surface area contributed by atoms with E-state index in [1.165, 1.54) is 0 Å². The number of nitrogens with zero attached hydrogens (tertiary/aromatic N) is 3. The molecule has 0 aliphatic heterocycles. The van der Waals surface area contributed by atoms with Crippen molar-refractivity contribution < 1.29 is 0 Å². The minimum atomic E-state index is 0.826. The molecule has 0 unspecified atom stereocenters. The summed E-state index contributed by atoms with van der Waals surface area (Å²) >= 11 is 1.61. The van der Waals surface area contributed by atoms with Gasteiger partial charge in [0, 0.05) is 30.9 Å². The number of hydrogen-bond donors (Lipinski definition) is 2. The topological polar surface area (TPSA) is 66.5 Å². The zero-order valence-electron chi connectivity index (χ0n) is 8.97. The Bertz CT molecular complexity index is 429. The molecular weight excluding hydrogens is 222 g/mol. The van der Waals surface area contributed by atoms with Crippen LogP contribution in [-0.2, 0) is 6.42 Å². The highest BCUT2D eigenvalue weighted by atomic mass is 32.2. The van der Waals surface area contributed by atoms with Crippen molar-refractivity contribution >= 4 is 17.6 Å². The van der Waals surface area contributed by atoms with Crippen LogP contribution in [0, 0.1) is 0 Å². The normalized spacial score (nSPS) is 10.3. The summed E-state index contributed by atoms with van der Waals surface area (Å²) in [7, 11) is 0. The van der Waals surface area contributed by atoms with Crippen molar-refractivity contribution in [2.75, 3.05) is 18.1 Å². The van der Waals surface area contributed by atoms with E-state index in [0.29, 0.717) is 0 Å². The van der Waals surface area contributed by atoms with Gasteiger partial charge in [-0.25, -0.2) is 15.0 Å². The Labute approximate surface area is 98.1 Å². The predicted octanol–water partition coefficient (Wildman–Crippen LogP) is 1.58. The number of rotatable bonds is 5. The highest BCUT2D eigenvalue weighted by Crippen LogP contribution is 2.13. The molecule has 0 saturated carbocycles. The van der Waals surface area contributed by atoms with Crippen molar-refractivity contribution in [3.05, 3.63) is 30.6 Å². The van der Waals surface area contributed by atoms with Crippen molar-refractivity contribution in [3.63, 3.8) is 0 Å². The van der Waals surface area contributed by atoms with Gasteiger partial charge in [-0.3, -0.25) is 0 Å². The van der Waals surface area contributed by atoms with Crippen LogP contribution in [0.5, 0.6) is 0 Å². The molecule has 6 heteroatoms. The molecular formula is C10H13N5S. The van der Waals surface area contributed by atoms with E-state index >= 15 is 0 Å². The maximum Gasteiger partial charge on any atom is 0.130 e. The second-order valence-electron chi connectivity index (χ2n) is 3.20. The van der Waals surface area contributed by atoms with Crippen molar-refractivity contribution in [3.8, 4) is 0 Å². The Morgan fingerprint density at radius 2 is 2.38 bits per heavy atom. The van der Waals surface area contributed by atoms with Crippen LogP contribution in [-0.4, -0.2) is 32.7 Å². The zero-order chi connectivity index (χ0) is 11.2. The van der Waals surface area contributed by atoms with Crippen LogP contribution < -0.4 is 5.32 Å². The van der Waals surface area contributed by atoms with Crippen LogP contribution >= 0.6 is 11.8 Å². The third-order valence-electron chi connectivity index (χ3n) is 2.11. The number of aromatic amines is 1. The fourth-order valence-corrected chi connectivity index (χ4v) is 1.68. The molecule has 2 N–H and O–H groups in total. The first kappa shape index (κ1) is 10.9. The summed E-state index contributed by atoms with van der Waals surface area (Å²) in [5.74, 6) is 0.860. The molecule has 2 aromatic rings. The van der Waals surface area contributed by atoms with E-state index in [4.69, 9.17) is 0 Å². The maximum absolute atomic E-state index is 4.14. The summed E-state index contributed by atoms with van der Waals surface area (Å²) in [6, 6.07) is 1.94. The average molecular weight is 235 g/mol. The number of aromatic nitrogens is 4. The minimum absolute atomic E-state index is 0.826. The molecule has 0 spiro atoms. The lowest BCUT2D eigenvalue weighted by Gasteiger charge is -2.04. The van der Waals surface area contributed by atoms with Crippen LogP contribution in [0.2, 0.25) is 0 Å².